The predicted molar refractivity (Wildman–Crippen MR) is 93.5 cm³/mol. The Morgan fingerprint density at radius 1 is 1.35 bits per heavy atom. The van der Waals surface area contributed by atoms with E-state index in [9.17, 15) is 14.9 Å². The van der Waals surface area contributed by atoms with E-state index in [-0.39, 0.29) is 17.3 Å². The number of nitro benzene ring substituents is 1. The van der Waals surface area contributed by atoms with Crippen LogP contribution in [0.25, 0.3) is 0 Å². The number of benzene rings is 1. The minimum atomic E-state index is -0.462. The van der Waals surface area contributed by atoms with Crippen molar-refractivity contribution in [2.24, 2.45) is 0 Å². The number of hydrogen-bond donors (Lipinski definition) is 1. The van der Waals surface area contributed by atoms with E-state index in [2.05, 4.69) is 15.5 Å². The molecule has 0 atom stereocenters. The molecule has 2 aromatic rings. The van der Waals surface area contributed by atoms with Crippen molar-refractivity contribution in [1.82, 2.24) is 10.2 Å². The third-order valence-electron chi connectivity index (χ3n) is 2.68. The van der Waals surface area contributed by atoms with Crippen LogP contribution in [-0.4, -0.2) is 32.5 Å². The minimum Gasteiger partial charge on any atom is -0.325 e. The average Bonchev–Trinajstić information content (AvgIpc) is 2.95. The number of aryl methyl sites for hydroxylation is 1. The van der Waals surface area contributed by atoms with Crippen LogP contribution in [0.1, 0.15) is 12.5 Å². The Hall–Kier alpha value is -1.65. The molecule has 1 amide bonds. The SMILES string of the molecule is CCSc1nnc(SCC(=O)Nc2ccc([N+](=O)[O-])cc2C)s1. The van der Waals surface area contributed by atoms with Crippen molar-refractivity contribution in [2.45, 2.75) is 22.5 Å². The summed E-state index contributed by atoms with van der Waals surface area (Å²) in [7, 11) is 0. The Morgan fingerprint density at radius 2 is 2.04 bits per heavy atom. The Kier molecular flexibility index (Phi) is 6.37. The van der Waals surface area contributed by atoms with Gasteiger partial charge in [0.1, 0.15) is 0 Å². The van der Waals surface area contributed by atoms with Gasteiger partial charge in [-0.3, -0.25) is 14.9 Å². The number of aromatic nitrogens is 2. The summed E-state index contributed by atoms with van der Waals surface area (Å²) in [5.74, 6) is 0.952. The first kappa shape index (κ1) is 17.7. The summed E-state index contributed by atoms with van der Waals surface area (Å²) in [5.41, 5.74) is 1.22. The second-order valence-electron chi connectivity index (χ2n) is 4.36. The molecule has 0 radical (unpaired) electrons. The fourth-order valence-corrected chi connectivity index (χ4v) is 4.37. The van der Waals surface area contributed by atoms with Gasteiger partial charge in [-0.25, -0.2) is 0 Å². The number of rotatable bonds is 7. The maximum absolute atomic E-state index is 12.0. The molecule has 7 nitrogen and oxygen atoms in total. The van der Waals surface area contributed by atoms with E-state index >= 15 is 0 Å². The van der Waals surface area contributed by atoms with Crippen molar-refractivity contribution in [3.63, 3.8) is 0 Å². The molecule has 1 N–H and O–H groups in total. The van der Waals surface area contributed by atoms with Crippen molar-refractivity contribution in [3.05, 3.63) is 33.9 Å². The molecule has 0 saturated carbocycles. The average molecular weight is 370 g/mol. The molecule has 23 heavy (non-hydrogen) atoms. The number of nitrogens with zero attached hydrogens (tertiary/aromatic N) is 3. The van der Waals surface area contributed by atoms with E-state index in [0.29, 0.717) is 11.3 Å². The van der Waals surface area contributed by atoms with Crippen LogP contribution in [0.5, 0.6) is 0 Å². The molecule has 0 aliphatic heterocycles. The van der Waals surface area contributed by atoms with Crippen molar-refractivity contribution in [2.75, 3.05) is 16.8 Å². The Morgan fingerprint density at radius 3 is 2.65 bits per heavy atom. The van der Waals surface area contributed by atoms with Crippen molar-refractivity contribution in [1.29, 1.82) is 0 Å². The van der Waals surface area contributed by atoms with Crippen LogP contribution in [-0.2, 0) is 4.79 Å². The highest BCUT2D eigenvalue weighted by Crippen LogP contribution is 2.28. The van der Waals surface area contributed by atoms with Gasteiger partial charge in [-0.1, -0.05) is 41.8 Å². The Balaban J connectivity index is 1.90. The number of anilines is 1. The summed E-state index contributed by atoms with van der Waals surface area (Å²) < 4.78 is 1.64. The predicted octanol–water partition coefficient (Wildman–Crippen LogP) is 3.60. The van der Waals surface area contributed by atoms with Crippen molar-refractivity contribution < 1.29 is 9.72 Å². The van der Waals surface area contributed by atoms with E-state index in [4.69, 9.17) is 0 Å². The standard InChI is InChI=1S/C13H14N4O3S3/c1-3-21-12-15-16-13(23-12)22-7-11(18)14-10-5-4-9(17(19)20)6-8(10)2/h4-6H,3,7H2,1-2H3,(H,14,18). The molecule has 2 rings (SSSR count). The zero-order valence-corrected chi connectivity index (χ0v) is 14.9. The summed E-state index contributed by atoms with van der Waals surface area (Å²) in [5, 5.41) is 21.5. The van der Waals surface area contributed by atoms with Crippen LogP contribution < -0.4 is 5.32 Å². The lowest BCUT2D eigenvalue weighted by molar-refractivity contribution is -0.384. The first-order chi connectivity index (χ1) is 11.0. The summed E-state index contributed by atoms with van der Waals surface area (Å²) in [4.78, 5) is 22.2. The highest BCUT2D eigenvalue weighted by atomic mass is 32.2. The zero-order valence-electron chi connectivity index (χ0n) is 12.4. The second-order valence-corrected chi connectivity index (χ2v) is 8.07. The lowest BCUT2D eigenvalue weighted by atomic mass is 10.2. The van der Waals surface area contributed by atoms with Crippen LogP contribution in [0.15, 0.2) is 26.9 Å². The molecule has 1 heterocycles. The van der Waals surface area contributed by atoms with Gasteiger partial charge in [0.2, 0.25) is 5.91 Å². The van der Waals surface area contributed by atoms with Crippen molar-refractivity contribution in [3.8, 4) is 0 Å². The van der Waals surface area contributed by atoms with Gasteiger partial charge in [-0.05, 0) is 24.3 Å². The van der Waals surface area contributed by atoms with Gasteiger partial charge in [0.15, 0.2) is 8.68 Å². The summed E-state index contributed by atoms with van der Waals surface area (Å²) >= 11 is 4.40. The number of thioether (sulfide) groups is 2. The van der Waals surface area contributed by atoms with Gasteiger partial charge >= 0.3 is 0 Å². The molecule has 10 heteroatoms. The second kappa shape index (κ2) is 8.27. The smallest absolute Gasteiger partial charge is 0.269 e. The van der Waals surface area contributed by atoms with Gasteiger partial charge < -0.3 is 5.32 Å². The molecule has 0 spiro atoms. The van der Waals surface area contributed by atoms with Crippen LogP contribution in [0.3, 0.4) is 0 Å². The fraction of sp³-hybridized carbons (Fsp3) is 0.308. The molecule has 0 aliphatic rings. The summed E-state index contributed by atoms with van der Waals surface area (Å²) in [6.07, 6.45) is 0. The van der Waals surface area contributed by atoms with E-state index in [1.165, 1.54) is 41.3 Å². The van der Waals surface area contributed by atoms with Crippen LogP contribution in [0.4, 0.5) is 11.4 Å². The van der Waals surface area contributed by atoms with Crippen LogP contribution in [0, 0.1) is 17.0 Å². The molecule has 0 unspecified atom stereocenters. The molecule has 0 bridgehead atoms. The third kappa shape index (κ3) is 5.19. The van der Waals surface area contributed by atoms with E-state index in [1.54, 1.807) is 18.7 Å². The largest absolute Gasteiger partial charge is 0.325 e. The number of non-ortho nitro benzene ring substituents is 1. The van der Waals surface area contributed by atoms with E-state index in [1.807, 2.05) is 6.92 Å². The number of carbonyl (C=O) groups excluding carboxylic acids is 1. The zero-order chi connectivity index (χ0) is 16.8. The number of nitrogens with one attached hydrogen (secondary N) is 1. The Labute approximate surface area is 145 Å². The summed E-state index contributed by atoms with van der Waals surface area (Å²) in [6.45, 7) is 3.76. The quantitative estimate of drug-likeness (QED) is 0.452. The molecule has 1 aromatic carbocycles. The van der Waals surface area contributed by atoms with Crippen LogP contribution >= 0.6 is 34.9 Å². The van der Waals surface area contributed by atoms with Crippen LogP contribution in [0.2, 0.25) is 0 Å². The topological polar surface area (TPSA) is 98.0 Å². The summed E-state index contributed by atoms with van der Waals surface area (Å²) in [6, 6.07) is 4.34. The molecular weight excluding hydrogens is 356 g/mol. The highest BCUT2D eigenvalue weighted by molar-refractivity contribution is 8.03. The number of carbonyl (C=O) groups is 1. The number of amides is 1. The van der Waals surface area contributed by atoms with Gasteiger partial charge in [-0.15, -0.1) is 10.2 Å². The molecule has 0 fully saturated rings. The maximum Gasteiger partial charge on any atom is 0.269 e. The monoisotopic (exact) mass is 370 g/mol. The van der Waals surface area contributed by atoms with E-state index in [0.717, 1.165) is 14.4 Å². The molecule has 122 valence electrons. The lowest BCUT2D eigenvalue weighted by Gasteiger charge is -2.07. The normalized spacial score (nSPS) is 10.5. The minimum absolute atomic E-state index is 0.00434. The highest BCUT2D eigenvalue weighted by Gasteiger charge is 2.12. The Bertz CT molecular complexity index is 720. The number of nitro groups is 1. The first-order valence-corrected chi connectivity index (χ1v) is 9.42. The third-order valence-corrected chi connectivity index (χ3v) is 5.75. The van der Waals surface area contributed by atoms with Gasteiger partial charge in [0, 0.05) is 17.8 Å². The molecular formula is C13H14N4O3S3. The first-order valence-electron chi connectivity index (χ1n) is 6.63. The molecule has 0 saturated heterocycles. The van der Waals surface area contributed by atoms with Gasteiger partial charge in [0.25, 0.3) is 5.69 Å². The maximum atomic E-state index is 12.0. The van der Waals surface area contributed by atoms with Gasteiger partial charge in [0.05, 0.1) is 10.7 Å². The fourth-order valence-electron chi connectivity index (χ4n) is 1.65. The van der Waals surface area contributed by atoms with Gasteiger partial charge in [-0.2, -0.15) is 0 Å². The van der Waals surface area contributed by atoms with Crippen molar-refractivity contribution >= 4 is 52.1 Å². The lowest BCUT2D eigenvalue weighted by Crippen LogP contribution is -2.14. The molecule has 1 aromatic heterocycles. The number of hydrogen-bond acceptors (Lipinski definition) is 8. The van der Waals surface area contributed by atoms with E-state index < -0.39 is 4.92 Å². The molecule has 0 aliphatic carbocycles.